The van der Waals surface area contributed by atoms with Crippen LogP contribution in [0.2, 0.25) is 0 Å². The number of anilines is 1. The van der Waals surface area contributed by atoms with E-state index in [1.165, 1.54) is 0 Å². The van der Waals surface area contributed by atoms with Crippen molar-refractivity contribution in [1.29, 1.82) is 0 Å². The van der Waals surface area contributed by atoms with Gasteiger partial charge in [-0.3, -0.25) is 0 Å². The molecule has 0 aliphatic heterocycles. The Morgan fingerprint density at radius 3 is 2.47 bits per heavy atom. The third-order valence-electron chi connectivity index (χ3n) is 1.98. The third kappa shape index (κ3) is 2.87. The van der Waals surface area contributed by atoms with Crippen molar-refractivity contribution in [3.63, 3.8) is 0 Å². The fraction of sp³-hybridized carbons (Fsp3) is 0.364. The first-order valence-corrected chi connectivity index (χ1v) is 4.65. The first-order valence-electron chi connectivity index (χ1n) is 4.65. The highest BCUT2D eigenvalue weighted by molar-refractivity contribution is 5.65. The molecule has 0 aliphatic rings. The van der Waals surface area contributed by atoms with Gasteiger partial charge in [-0.2, -0.15) is 0 Å². The van der Waals surface area contributed by atoms with E-state index in [9.17, 15) is 4.79 Å². The Balaban J connectivity index is 2.87. The Hall–Kier alpha value is -1.71. The zero-order valence-electron chi connectivity index (χ0n) is 9.11. The molecule has 1 N–H and O–H groups in total. The van der Waals surface area contributed by atoms with Gasteiger partial charge in [-0.1, -0.05) is 0 Å². The SMILES string of the molecule is COc1ccc(N[C@@H](C)C=O)cc1OC. The normalized spacial score (nSPS) is 11.7. The van der Waals surface area contributed by atoms with Crippen LogP contribution in [0.1, 0.15) is 6.92 Å². The van der Waals surface area contributed by atoms with E-state index in [4.69, 9.17) is 9.47 Å². The van der Waals surface area contributed by atoms with E-state index in [1.807, 2.05) is 6.07 Å². The van der Waals surface area contributed by atoms with Gasteiger partial charge < -0.3 is 19.6 Å². The molecule has 0 unspecified atom stereocenters. The number of ether oxygens (including phenoxy) is 2. The van der Waals surface area contributed by atoms with Gasteiger partial charge in [0.25, 0.3) is 0 Å². The molecule has 0 amide bonds. The molecule has 0 spiro atoms. The lowest BCUT2D eigenvalue weighted by Gasteiger charge is -2.12. The maximum atomic E-state index is 10.5. The lowest BCUT2D eigenvalue weighted by atomic mass is 10.2. The molecule has 1 rings (SSSR count). The van der Waals surface area contributed by atoms with Gasteiger partial charge in [0.05, 0.1) is 20.3 Å². The van der Waals surface area contributed by atoms with Crippen molar-refractivity contribution in [2.24, 2.45) is 0 Å². The fourth-order valence-electron chi connectivity index (χ4n) is 1.22. The number of carbonyl (C=O) groups is 1. The summed E-state index contributed by atoms with van der Waals surface area (Å²) >= 11 is 0. The summed E-state index contributed by atoms with van der Waals surface area (Å²) in [5.74, 6) is 1.31. The second-order valence-electron chi connectivity index (χ2n) is 3.14. The largest absolute Gasteiger partial charge is 0.493 e. The molecule has 15 heavy (non-hydrogen) atoms. The van der Waals surface area contributed by atoms with Gasteiger partial charge in [-0.25, -0.2) is 0 Å². The van der Waals surface area contributed by atoms with Gasteiger partial charge in [0.2, 0.25) is 0 Å². The number of carbonyl (C=O) groups excluding carboxylic acids is 1. The van der Waals surface area contributed by atoms with Crippen molar-refractivity contribution < 1.29 is 14.3 Å². The predicted molar refractivity (Wildman–Crippen MR) is 58.7 cm³/mol. The number of methoxy groups -OCH3 is 2. The fourth-order valence-corrected chi connectivity index (χ4v) is 1.22. The molecule has 0 saturated carbocycles. The minimum absolute atomic E-state index is 0.219. The minimum atomic E-state index is -0.219. The van der Waals surface area contributed by atoms with E-state index in [1.54, 1.807) is 33.3 Å². The number of benzene rings is 1. The van der Waals surface area contributed by atoms with Gasteiger partial charge in [0, 0.05) is 11.8 Å². The lowest BCUT2D eigenvalue weighted by molar-refractivity contribution is -0.108. The number of aldehydes is 1. The van der Waals surface area contributed by atoms with Gasteiger partial charge >= 0.3 is 0 Å². The first-order chi connectivity index (χ1) is 7.21. The molecule has 0 fully saturated rings. The topological polar surface area (TPSA) is 47.6 Å². The van der Waals surface area contributed by atoms with E-state index < -0.39 is 0 Å². The summed E-state index contributed by atoms with van der Waals surface area (Å²) in [5.41, 5.74) is 0.826. The van der Waals surface area contributed by atoms with Crippen molar-refractivity contribution in [3.8, 4) is 11.5 Å². The van der Waals surface area contributed by atoms with Crippen LogP contribution in [0, 0.1) is 0 Å². The molecular weight excluding hydrogens is 194 g/mol. The van der Waals surface area contributed by atoms with E-state index in [2.05, 4.69) is 5.32 Å². The average Bonchev–Trinajstić information content (AvgIpc) is 2.28. The summed E-state index contributed by atoms with van der Waals surface area (Å²) in [6.07, 6.45) is 0.844. The maximum absolute atomic E-state index is 10.5. The molecule has 1 atom stereocenters. The number of hydrogen-bond acceptors (Lipinski definition) is 4. The molecule has 0 saturated heterocycles. The monoisotopic (exact) mass is 209 g/mol. The second kappa shape index (κ2) is 5.24. The van der Waals surface area contributed by atoms with E-state index >= 15 is 0 Å². The second-order valence-corrected chi connectivity index (χ2v) is 3.14. The molecule has 1 aromatic carbocycles. The van der Waals surface area contributed by atoms with Gasteiger partial charge in [-0.15, -0.1) is 0 Å². The van der Waals surface area contributed by atoms with Crippen molar-refractivity contribution >= 4 is 12.0 Å². The van der Waals surface area contributed by atoms with Crippen LogP contribution < -0.4 is 14.8 Å². The minimum Gasteiger partial charge on any atom is -0.493 e. The van der Waals surface area contributed by atoms with Gasteiger partial charge in [-0.05, 0) is 19.1 Å². The van der Waals surface area contributed by atoms with Gasteiger partial charge in [0.1, 0.15) is 6.29 Å². The Morgan fingerprint density at radius 1 is 1.27 bits per heavy atom. The van der Waals surface area contributed by atoms with Crippen molar-refractivity contribution in [2.75, 3.05) is 19.5 Å². The van der Waals surface area contributed by atoms with E-state index in [-0.39, 0.29) is 6.04 Å². The molecular formula is C11H15NO3. The molecule has 0 aliphatic carbocycles. The Kier molecular flexibility index (Phi) is 3.97. The van der Waals surface area contributed by atoms with Crippen LogP contribution in [0.5, 0.6) is 11.5 Å². The van der Waals surface area contributed by atoms with Crippen LogP contribution in [0.4, 0.5) is 5.69 Å². The predicted octanol–water partition coefficient (Wildman–Crippen LogP) is 1.70. The van der Waals surface area contributed by atoms with Crippen molar-refractivity contribution in [1.82, 2.24) is 0 Å². The third-order valence-corrected chi connectivity index (χ3v) is 1.98. The zero-order chi connectivity index (χ0) is 11.3. The first kappa shape index (κ1) is 11.4. The smallest absolute Gasteiger partial charge is 0.162 e. The van der Waals surface area contributed by atoms with Gasteiger partial charge in [0.15, 0.2) is 11.5 Å². The summed E-state index contributed by atoms with van der Waals surface area (Å²) in [6.45, 7) is 1.78. The summed E-state index contributed by atoms with van der Waals surface area (Å²) in [6, 6.07) is 5.20. The number of rotatable bonds is 5. The molecule has 0 radical (unpaired) electrons. The molecule has 4 heteroatoms. The summed E-state index contributed by atoms with van der Waals surface area (Å²) in [7, 11) is 3.16. The summed E-state index contributed by atoms with van der Waals surface area (Å²) in [4.78, 5) is 10.5. The van der Waals surface area contributed by atoms with E-state index in [0.29, 0.717) is 11.5 Å². The molecule has 4 nitrogen and oxygen atoms in total. The molecule has 82 valence electrons. The lowest BCUT2D eigenvalue weighted by Crippen LogP contribution is -2.16. The maximum Gasteiger partial charge on any atom is 0.162 e. The number of nitrogens with one attached hydrogen (secondary N) is 1. The molecule has 0 aromatic heterocycles. The Labute approximate surface area is 89.2 Å². The van der Waals surface area contributed by atoms with Crippen LogP contribution in [-0.2, 0) is 4.79 Å². The van der Waals surface area contributed by atoms with Crippen LogP contribution in [0.25, 0.3) is 0 Å². The van der Waals surface area contributed by atoms with Crippen LogP contribution in [0.3, 0.4) is 0 Å². The molecule has 1 aromatic rings. The van der Waals surface area contributed by atoms with Crippen LogP contribution in [-0.4, -0.2) is 26.5 Å². The Bertz CT molecular complexity index is 339. The summed E-state index contributed by atoms with van der Waals surface area (Å²) in [5, 5.41) is 3.01. The van der Waals surface area contributed by atoms with Crippen molar-refractivity contribution in [3.05, 3.63) is 18.2 Å². The van der Waals surface area contributed by atoms with Crippen LogP contribution >= 0.6 is 0 Å². The van der Waals surface area contributed by atoms with Crippen LogP contribution in [0.15, 0.2) is 18.2 Å². The summed E-state index contributed by atoms with van der Waals surface area (Å²) < 4.78 is 10.2. The van der Waals surface area contributed by atoms with E-state index in [0.717, 1.165) is 12.0 Å². The molecule has 0 bridgehead atoms. The quantitative estimate of drug-likeness (QED) is 0.750. The Morgan fingerprint density at radius 2 is 1.93 bits per heavy atom. The molecule has 0 heterocycles. The highest BCUT2D eigenvalue weighted by Gasteiger charge is 2.05. The number of hydrogen-bond donors (Lipinski definition) is 1. The average molecular weight is 209 g/mol. The highest BCUT2D eigenvalue weighted by Crippen LogP contribution is 2.29. The highest BCUT2D eigenvalue weighted by atomic mass is 16.5. The standard InChI is InChI=1S/C11H15NO3/c1-8(7-13)12-9-4-5-10(14-2)11(6-9)15-3/h4-8,12H,1-3H3/t8-/m0/s1. The van der Waals surface area contributed by atoms with Crippen molar-refractivity contribution in [2.45, 2.75) is 13.0 Å². The zero-order valence-corrected chi connectivity index (χ0v) is 9.11.